The lowest BCUT2D eigenvalue weighted by Gasteiger charge is -2.20. The largest absolute Gasteiger partial charge is 0.478 e. The van der Waals surface area contributed by atoms with Gasteiger partial charge in [0.25, 0.3) is 0 Å². The van der Waals surface area contributed by atoms with Crippen molar-refractivity contribution in [2.45, 2.75) is 33.6 Å². The number of pyridine rings is 1. The van der Waals surface area contributed by atoms with Gasteiger partial charge in [0.1, 0.15) is 5.82 Å². The van der Waals surface area contributed by atoms with Crippen LogP contribution < -0.4 is 5.32 Å². The molecule has 0 saturated heterocycles. The monoisotopic (exact) mass is 248 g/mol. The summed E-state index contributed by atoms with van der Waals surface area (Å²) >= 11 is 0. The lowest BCUT2D eigenvalue weighted by molar-refractivity contribution is 0.0696. The number of aromatic carboxylic acids is 1. The Bertz CT molecular complexity index is 465. The van der Waals surface area contributed by atoms with Gasteiger partial charge in [-0.3, -0.25) is 0 Å². The van der Waals surface area contributed by atoms with Crippen molar-refractivity contribution in [1.82, 2.24) is 4.98 Å². The van der Waals surface area contributed by atoms with Crippen molar-refractivity contribution >= 4 is 11.8 Å². The lowest BCUT2D eigenvalue weighted by atomic mass is 9.92. The number of aromatic nitrogens is 1. The van der Waals surface area contributed by atoms with Crippen molar-refractivity contribution in [1.29, 1.82) is 0 Å². The number of aryl methyl sites for hydroxylation is 1. The summed E-state index contributed by atoms with van der Waals surface area (Å²) in [7, 11) is 0. The van der Waals surface area contributed by atoms with Crippen molar-refractivity contribution in [3.63, 3.8) is 0 Å². The molecule has 4 heteroatoms. The second-order valence-corrected chi connectivity index (χ2v) is 5.56. The van der Waals surface area contributed by atoms with E-state index >= 15 is 0 Å². The van der Waals surface area contributed by atoms with Crippen LogP contribution in [0.3, 0.4) is 0 Å². The molecule has 2 N–H and O–H groups in total. The number of anilines is 1. The lowest BCUT2D eigenvalue weighted by Crippen LogP contribution is -2.21. The maximum atomic E-state index is 11.0. The van der Waals surface area contributed by atoms with Gasteiger partial charge in [0.2, 0.25) is 0 Å². The number of carbonyl (C=O) groups is 1. The van der Waals surface area contributed by atoms with Crippen LogP contribution in [0.1, 0.15) is 42.7 Å². The van der Waals surface area contributed by atoms with Gasteiger partial charge in [-0.15, -0.1) is 0 Å². The van der Waals surface area contributed by atoms with Crippen molar-refractivity contribution < 1.29 is 9.90 Å². The van der Waals surface area contributed by atoms with Crippen molar-refractivity contribution in [2.75, 3.05) is 11.9 Å². The van der Waals surface area contributed by atoms with Gasteiger partial charge in [-0.25, -0.2) is 9.78 Å². The molecule has 0 aliphatic heterocycles. The molecule has 1 heterocycles. The normalized spacial score (nSPS) is 16.7. The SMILES string of the molecule is Cc1cc(C(=O)O)cc(NCC2(C(C)C)CC2)n1. The molecule has 0 amide bonds. The maximum absolute atomic E-state index is 11.0. The topological polar surface area (TPSA) is 62.2 Å². The Labute approximate surface area is 107 Å². The zero-order chi connectivity index (χ0) is 13.3. The predicted octanol–water partition coefficient (Wildman–Crippen LogP) is 2.94. The van der Waals surface area contributed by atoms with Crippen LogP contribution in [0.15, 0.2) is 12.1 Å². The molecule has 1 aliphatic carbocycles. The van der Waals surface area contributed by atoms with Gasteiger partial charge in [-0.1, -0.05) is 13.8 Å². The Morgan fingerprint density at radius 3 is 2.67 bits per heavy atom. The average Bonchev–Trinajstić information content (AvgIpc) is 3.06. The maximum Gasteiger partial charge on any atom is 0.335 e. The molecule has 18 heavy (non-hydrogen) atoms. The van der Waals surface area contributed by atoms with E-state index in [1.54, 1.807) is 12.1 Å². The number of rotatable bonds is 5. The number of hydrogen-bond donors (Lipinski definition) is 2. The Morgan fingerprint density at radius 1 is 1.50 bits per heavy atom. The average molecular weight is 248 g/mol. The van der Waals surface area contributed by atoms with Gasteiger partial charge in [0, 0.05) is 12.2 Å². The van der Waals surface area contributed by atoms with E-state index in [9.17, 15) is 4.79 Å². The van der Waals surface area contributed by atoms with Crippen molar-refractivity contribution in [3.8, 4) is 0 Å². The highest BCUT2D eigenvalue weighted by molar-refractivity contribution is 5.88. The molecule has 0 aromatic carbocycles. The first-order chi connectivity index (χ1) is 8.43. The molecule has 0 atom stereocenters. The summed E-state index contributed by atoms with van der Waals surface area (Å²) in [5.74, 6) is 0.404. The predicted molar refractivity (Wildman–Crippen MR) is 70.9 cm³/mol. The zero-order valence-electron chi connectivity index (χ0n) is 11.2. The summed E-state index contributed by atoms with van der Waals surface area (Å²) in [6.07, 6.45) is 2.49. The van der Waals surface area contributed by atoms with Gasteiger partial charge >= 0.3 is 5.97 Å². The number of carboxylic acid groups (broad SMARTS) is 1. The molecule has 1 saturated carbocycles. The molecule has 0 spiro atoms. The fraction of sp³-hybridized carbons (Fsp3) is 0.571. The van der Waals surface area contributed by atoms with Crippen LogP contribution in [0.2, 0.25) is 0 Å². The standard InChI is InChI=1S/C14H20N2O2/c1-9(2)14(4-5-14)8-15-12-7-11(13(17)18)6-10(3)16-12/h6-7,9H,4-5,8H2,1-3H3,(H,15,16)(H,17,18). The summed E-state index contributed by atoms with van der Waals surface area (Å²) in [4.78, 5) is 15.3. The minimum Gasteiger partial charge on any atom is -0.478 e. The number of hydrogen-bond acceptors (Lipinski definition) is 3. The zero-order valence-corrected chi connectivity index (χ0v) is 11.2. The second-order valence-electron chi connectivity index (χ2n) is 5.56. The van der Waals surface area contributed by atoms with E-state index < -0.39 is 5.97 Å². The number of carboxylic acids is 1. The van der Waals surface area contributed by atoms with E-state index in [2.05, 4.69) is 24.1 Å². The Morgan fingerprint density at radius 2 is 2.17 bits per heavy atom. The Balaban J connectivity index is 2.08. The number of nitrogens with zero attached hydrogens (tertiary/aromatic N) is 1. The van der Waals surface area contributed by atoms with E-state index in [1.807, 2.05) is 6.92 Å². The van der Waals surface area contributed by atoms with Crippen LogP contribution in [-0.4, -0.2) is 22.6 Å². The van der Waals surface area contributed by atoms with Gasteiger partial charge in [0.05, 0.1) is 5.56 Å². The molecule has 1 aliphatic rings. The highest BCUT2D eigenvalue weighted by atomic mass is 16.4. The summed E-state index contributed by atoms with van der Waals surface area (Å²) in [6.45, 7) is 7.16. The molecule has 1 aromatic heterocycles. The molecule has 98 valence electrons. The van der Waals surface area contributed by atoms with Gasteiger partial charge < -0.3 is 10.4 Å². The van der Waals surface area contributed by atoms with Crippen molar-refractivity contribution in [3.05, 3.63) is 23.4 Å². The van der Waals surface area contributed by atoms with Gasteiger partial charge in [-0.05, 0) is 43.2 Å². The van der Waals surface area contributed by atoms with Crippen LogP contribution in [0.5, 0.6) is 0 Å². The third kappa shape index (κ3) is 2.63. The molecule has 1 aromatic rings. The highest BCUT2D eigenvalue weighted by Gasteiger charge is 2.44. The first-order valence-corrected chi connectivity index (χ1v) is 6.39. The quantitative estimate of drug-likeness (QED) is 0.841. The minimum atomic E-state index is -0.909. The molecule has 4 nitrogen and oxygen atoms in total. The smallest absolute Gasteiger partial charge is 0.335 e. The van der Waals surface area contributed by atoms with Crippen LogP contribution in [0, 0.1) is 18.3 Å². The molecular weight excluding hydrogens is 228 g/mol. The molecule has 1 fully saturated rings. The highest BCUT2D eigenvalue weighted by Crippen LogP contribution is 2.51. The Kier molecular flexibility index (Phi) is 3.28. The fourth-order valence-corrected chi connectivity index (χ4v) is 2.27. The van der Waals surface area contributed by atoms with Crippen LogP contribution >= 0.6 is 0 Å². The van der Waals surface area contributed by atoms with Crippen LogP contribution in [-0.2, 0) is 0 Å². The van der Waals surface area contributed by atoms with Crippen LogP contribution in [0.25, 0.3) is 0 Å². The molecule has 0 bridgehead atoms. The molecule has 0 unspecified atom stereocenters. The first kappa shape index (κ1) is 12.9. The summed E-state index contributed by atoms with van der Waals surface area (Å²) in [6, 6.07) is 3.19. The van der Waals surface area contributed by atoms with Crippen molar-refractivity contribution in [2.24, 2.45) is 11.3 Å². The first-order valence-electron chi connectivity index (χ1n) is 6.39. The summed E-state index contributed by atoms with van der Waals surface area (Å²) in [5, 5.41) is 12.3. The molecular formula is C14H20N2O2. The molecule has 0 radical (unpaired) electrons. The van der Waals surface area contributed by atoms with E-state index in [-0.39, 0.29) is 0 Å². The third-order valence-corrected chi connectivity index (χ3v) is 3.94. The minimum absolute atomic E-state index is 0.291. The fourth-order valence-electron chi connectivity index (χ4n) is 2.27. The Hall–Kier alpha value is -1.58. The van der Waals surface area contributed by atoms with E-state index in [1.165, 1.54) is 12.8 Å². The van der Waals surface area contributed by atoms with E-state index in [0.717, 1.165) is 12.2 Å². The third-order valence-electron chi connectivity index (χ3n) is 3.94. The summed E-state index contributed by atoms with van der Waals surface area (Å²) < 4.78 is 0. The number of nitrogens with one attached hydrogen (secondary N) is 1. The van der Waals surface area contributed by atoms with E-state index in [0.29, 0.717) is 22.7 Å². The molecule has 2 rings (SSSR count). The van der Waals surface area contributed by atoms with Gasteiger partial charge in [0.15, 0.2) is 0 Å². The summed E-state index contributed by atoms with van der Waals surface area (Å²) in [5.41, 5.74) is 1.40. The van der Waals surface area contributed by atoms with Crippen LogP contribution in [0.4, 0.5) is 5.82 Å². The second kappa shape index (κ2) is 4.59. The van der Waals surface area contributed by atoms with Gasteiger partial charge in [-0.2, -0.15) is 0 Å². The van der Waals surface area contributed by atoms with E-state index in [4.69, 9.17) is 5.11 Å².